The van der Waals surface area contributed by atoms with Gasteiger partial charge < -0.3 is 0 Å². The van der Waals surface area contributed by atoms with E-state index in [0.29, 0.717) is 0 Å². The van der Waals surface area contributed by atoms with Gasteiger partial charge in [-0.25, -0.2) is 4.57 Å². The van der Waals surface area contributed by atoms with Gasteiger partial charge in [0.25, 0.3) is 0 Å². The summed E-state index contributed by atoms with van der Waals surface area (Å²) in [5, 5.41) is 0. The fourth-order valence-corrected chi connectivity index (χ4v) is 3.76. The van der Waals surface area contributed by atoms with Gasteiger partial charge in [-0.3, -0.25) is 0 Å². The van der Waals surface area contributed by atoms with Gasteiger partial charge in [0.05, 0.1) is 0 Å². The summed E-state index contributed by atoms with van der Waals surface area (Å²) >= 11 is 0. The quantitative estimate of drug-likeness (QED) is 0.674. The van der Waals surface area contributed by atoms with Gasteiger partial charge in [0.1, 0.15) is 7.05 Å². The Bertz CT molecular complexity index is 679. The first-order valence-electron chi connectivity index (χ1n) is 8.64. The van der Waals surface area contributed by atoms with Crippen molar-refractivity contribution in [1.82, 2.24) is 0 Å². The van der Waals surface area contributed by atoms with E-state index in [4.69, 9.17) is 0 Å². The molecule has 0 unspecified atom stereocenters. The number of benzene rings is 1. The largest absolute Gasteiger partial charge is 0.212 e. The Morgan fingerprint density at radius 3 is 2.32 bits per heavy atom. The lowest BCUT2D eigenvalue weighted by Gasteiger charge is -2.22. The standard InChI is InChI=1S/C21H28N/c1-15-10-11-19(18-8-6-5-7-9-18)13-20(15)21-12-16(2)17(3)14-22(21)4/h10-14,18H,5-9H2,1-4H3/q+1. The Balaban J connectivity index is 2.05. The molecule has 0 amide bonds. The van der Waals surface area contributed by atoms with Crippen molar-refractivity contribution in [3.63, 3.8) is 0 Å². The molecule has 1 nitrogen and oxygen atoms in total. The third kappa shape index (κ3) is 2.95. The number of nitrogens with zero attached hydrogens (tertiary/aromatic N) is 1. The van der Waals surface area contributed by atoms with E-state index in [2.05, 4.69) is 62.8 Å². The summed E-state index contributed by atoms with van der Waals surface area (Å²) in [6.45, 7) is 6.62. The Morgan fingerprint density at radius 2 is 1.59 bits per heavy atom. The number of aryl methyl sites for hydroxylation is 4. The van der Waals surface area contributed by atoms with E-state index in [1.54, 1.807) is 5.56 Å². The van der Waals surface area contributed by atoms with Crippen LogP contribution in [0.2, 0.25) is 0 Å². The van der Waals surface area contributed by atoms with Gasteiger partial charge in [-0.1, -0.05) is 31.4 Å². The van der Waals surface area contributed by atoms with Crippen LogP contribution >= 0.6 is 0 Å². The van der Waals surface area contributed by atoms with Crippen molar-refractivity contribution < 1.29 is 4.57 Å². The molecule has 1 aromatic carbocycles. The lowest BCUT2D eigenvalue weighted by molar-refractivity contribution is -0.660. The summed E-state index contributed by atoms with van der Waals surface area (Å²) in [6, 6.07) is 9.46. The van der Waals surface area contributed by atoms with Crippen molar-refractivity contribution in [3.8, 4) is 11.3 Å². The highest BCUT2D eigenvalue weighted by atomic mass is 14.9. The molecule has 0 atom stereocenters. The maximum absolute atomic E-state index is 2.45. The topological polar surface area (TPSA) is 3.88 Å². The van der Waals surface area contributed by atoms with Crippen LogP contribution in [0.3, 0.4) is 0 Å². The minimum Gasteiger partial charge on any atom is -0.201 e. The molecular formula is C21H28N+. The maximum Gasteiger partial charge on any atom is 0.212 e. The molecule has 3 rings (SSSR count). The van der Waals surface area contributed by atoms with Gasteiger partial charge in [0.15, 0.2) is 6.20 Å². The van der Waals surface area contributed by atoms with E-state index in [1.165, 1.54) is 60.1 Å². The SMILES string of the molecule is Cc1cc(-c2cc(C3CCCCC3)ccc2C)[n+](C)cc1C. The van der Waals surface area contributed by atoms with Crippen molar-refractivity contribution in [2.24, 2.45) is 7.05 Å². The average Bonchev–Trinajstić information content (AvgIpc) is 2.52. The average molecular weight is 294 g/mol. The van der Waals surface area contributed by atoms with Crippen LogP contribution in [0.15, 0.2) is 30.5 Å². The molecular weight excluding hydrogens is 266 g/mol. The highest BCUT2D eigenvalue weighted by Crippen LogP contribution is 2.35. The molecule has 1 heteroatoms. The summed E-state index contributed by atoms with van der Waals surface area (Å²) in [6.07, 6.45) is 9.18. The normalized spacial score (nSPS) is 16.0. The Kier molecular flexibility index (Phi) is 4.33. The predicted molar refractivity (Wildman–Crippen MR) is 93.1 cm³/mol. The van der Waals surface area contributed by atoms with Gasteiger partial charge in [-0.05, 0) is 62.3 Å². The van der Waals surface area contributed by atoms with Crippen LogP contribution in [0.4, 0.5) is 0 Å². The molecule has 1 fully saturated rings. The molecule has 0 bridgehead atoms. The molecule has 0 radical (unpaired) electrons. The first kappa shape index (κ1) is 15.3. The minimum absolute atomic E-state index is 0.768. The van der Waals surface area contributed by atoms with Crippen molar-refractivity contribution >= 4 is 0 Å². The Morgan fingerprint density at radius 1 is 0.864 bits per heavy atom. The number of pyridine rings is 1. The third-order valence-corrected chi connectivity index (χ3v) is 5.36. The van der Waals surface area contributed by atoms with Crippen LogP contribution < -0.4 is 4.57 Å². The monoisotopic (exact) mass is 294 g/mol. The van der Waals surface area contributed by atoms with Crippen LogP contribution in [0.5, 0.6) is 0 Å². The van der Waals surface area contributed by atoms with Gasteiger partial charge in [0.2, 0.25) is 5.69 Å². The molecule has 1 heterocycles. The highest BCUT2D eigenvalue weighted by molar-refractivity contribution is 5.63. The van der Waals surface area contributed by atoms with Crippen LogP contribution in [-0.2, 0) is 7.05 Å². The third-order valence-electron chi connectivity index (χ3n) is 5.36. The summed E-state index contributed by atoms with van der Waals surface area (Å²) in [7, 11) is 2.16. The van der Waals surface area contributed by atoms with Crippen LogP contribution in [0.25, 0.3) is 11.3 Å². The molecule has 116 valence electrons. The highest BCUT2D eigenvalue weighted by Gasteiger charge is 2.19. The van der Waals surface area contributed by atoms with E-state index < -0.39 is 0 Å². The van der Waals surface area contributed by atoms with Crippen LogP contribution in [-0.4, -0.2) is 0 Å². The molecule has 1 aliphatic carbocycles. The summed E-state index contributed by atoms with van der Waals surface area (Å²) < 4.78 is 2.27. The molecule has 0 N–H and O–H groups in total. The molecule has 1 saturated carbocycles. The summed E-state index contributed by atoms with van der Waals surface area (Å²) in [5.74, 6) is 0.768. The molecule has 0 aliphatic heterocycles. The second-order valence-corrected chi connectivity index (χ2v) is 7.04. The van der Waals surface area contributed by atoms with Crippen molar-refractivity contribution in [3.05, 3.63) is 52.7 Å². The van der Waals surface area contributed by atoms with Crippen molar-refractivity contribution in [1.29, 1.82) is 0 Å². The van der Waals surface area contributed by atoms with Crippen molar-refractivity contribution in [2.45, 2.75) is 58.8 Å². The smallest absolute Gasteiger partial charge is 0.201 e. The fourth-order valence-electron chi connectivity index (χ4n) is 3.76. The van der Waals surface area contributed by atoms with Crippen LogP contribution in [0, 0.1) is 20.8 Å². The molecule has 22 heavy (non-hydrogen) atoms. The fraction of sp³-hybridized carbons (Fsp3) is 0.476. The number of hydrogen-bond donors (Lipinski definition) is 0. The second kappa shape index (κ2) is 6.24. The zero-order valence-corrected chi connectivity index (χ0v) is 14.4. The van der Waals surface area contributed by atoms with Gasteiger partial charge in [0, 0.05) is 17.2 Å². The number of hydrogen-bond acceptors (Lipinski definition) is 0. The van der Waals surface area contributed by atoms with Gasteiger partial charge in [-0.2, -0.15) is 0 Å². The van der Waals surface area contributed by atoms with Gasteiger partial charge >= 0.3 is 0 Å². The first-order valence-corrected chi connectivity index (χ1v) is 8.64. The van der Waals surface area contributed by atoms with Crippen molar-refractivity contribution in [2.75, 3.05) is 0 Å². The van der Waals surface area contributed by atoms with E-state index in [9.17, 15) is 0 Å². The lowest BCUT2D eigenvalue weighted by atomic mass is 9.83. The van der Waals surface area contributed by atoms with E-state index in [-0.39, 0.29) is 0 Å². The molecule has 0 spiro atoms. The zero-order chi connectivity index (χ0) is 15.7. The van der Waals surface area contributed by atoms with Gasteiger partial charge in [-0.15, -0.1) is 0 Å². The second-order valence-electron chi connectivity index (χ2n) is 7.04. The minimum atomic E-state index is 0.768. The maximum atomic E-state index is 2.45. The molecule has 0 saturated heterocycles. The van der Waals surface area contributed by atoms with Crippen LogP contribution in [0.1, 0.15) is 60.3 Å². The van der Waals surface area contributed by atoms with E-state index >= 15 is 0 Å². The molecule has 1 aromatic heterocycles. The van der Waals surface area contributed by atoms with E-state index in [0.717, 1.165) is 5.92 Å². The molecule has 2 aromatic rings. The predicted octanol–water partition coefficient (Wildman–Crippen LogP) is 5.15. The first-order chi connectivity index (χ1) is 10.6. The zero-order valence-electron chi connectivity index (χ0n) is 14.4. The summed E-state index contributed by atoms with van der Waals surface area (Å²) in [4.78, 5) is 0. The van der Waals surface area contributed by atoms with E-state index in [1.807, 2.05) is 0 Å². The Labute approximate surface area is 135 Å². The summed E-state index contributed by atoms with van der Waals surface area (Å²) in [5.41, 5.74) is 8.37. The number of aromatic nitrogens is 1. The number of rotatable bonds is 2. The lowest BCUT2D eigenvalue weighted by Crippen LogP contribution is -2.31. The Hall–Kier alpha value is -1.63. The molecule has 1 aliphatic rings.